The van der Waals surface area contributed by atoms with Crippen LogP contribution in [0, 0.1) is 0 Å². The zero-order valence-electron chi connectivity index (χ0n) is 18.2. The molecule has 174 valence electrons. The number of aryl methyl sites for hydroxylation is 1. The van der Waals surface area contributed by atoms with Crippen molar-refractivity contribution in [2.24, 2.45) is 12.8 Å². The molecule has 1 aromatic carbocycles. The van der Waals surface area contributed by atoms with E-state index in [0.717, 1.165) is 11.1 Å². The van der Waals surface area contributed by atoms with Gasteiger partial charge in [0.15, 0.2) is 5.69 Å². The molecular weight excluding hydrogens is 445 g/mol. The predicted molar refractivity (Wildman–Crippen MR) is 130 cm³/mol. The van der Waals surface area contributed by atoms with E-state index in [0.29, 0.717) is 23.4 Å². The molecule has 3 heterocycles. The standard InChI is InChI=1S/C23H21N7O4.Li.H/c1-29-13-19(21(28-29)23(33)34)26-22(32)16-4-2-3-14(7-16)12-30-20(31)6-5-18(27-30)17-8-15(9-24)10-25-11-17;;/h2-8,10-11,13H,9,12,24H2,1H3,(H,26,32)(H,33,34);;. The van der Waals surface area contributed by atoms with Gasteiger partial charge in [-0.05, 0) is 35.4 Å². The maximum absolute atomic E-state index is 12.7. The van der Waals surface area contributed by atoms with Crippen molar-refractivity contribution in [3.05, 3.63) is 93.8 Å². The summed E-state index contributed by atoms with van der Waals surface area (Å²) in [5.41, 5.74) is 8.31. The summed E-state index contributed by atoms with van der Waals surface area (Å²) in [7, 11) is 1.56. The molecule has 3 aromatic heterocycles. The Balaban J connectivity index is 0.00000342. The number of anilines is 1. The second-order valence-electron chi connectivity index (χ2n) is 7.53. The van der Waals surface area contributed by atoms with Gasteiger partial charge >= 0.3 is 24.8 Å². The van der Waals surface area contributed by atoms with E-state index in [9.17, 15) is 19.5 Å². The van der Waals surface area contributed by atoms with E-state index in [1.54, 1.807) is 49.8 Å². The SMILES string of the molecule is Cn1cc(NC(=O)c2cccc(Cn3nc(-c4cncc(CN)c4)ccc3=O)c2)c(C(=O)O)n1.[LiH]. The number of carboxylic acids is 1. The number of aromatic nitrogens is 5. The third kappa shape index (κ3) is 5.91. The Hall–Kier alpha value is -4.04. The van der Waals surface area contributed by atoms with Crippen LogP contribution in [0.25, 0.3) is 11.3 Å². The van der Waals surface area contributed by atoms with E-state index in [1.165, 1.54) is 21.6 Å². The summed E-state index contributed by atoms with van der Waals surface area (Å²) in [4.78, 5) is 40.6. The van der Waals surface area contributed by atoms with Crippen LogP contribution in [0.2, 0.25) is 0 Å². The molecule has 0 aliphatic heterocycles. The summed E-state index contributed by atoms with van der Waals surface area (Å²) >= 11 is 0. The van der Waals surface area contributed by atoms with Crippen LogP contribution in [0.3, 0.4) is 0 Å². The topological polar surface area (TPSA) is 158 Å². The van der Waals surface area contributed by atoms with Crippen molar-refractivity contribution in [1.82, 2.24) is 24.5 Å². The first-order valence-electron chi connectivity index (χ1n) is 10.2. The molecule has 0 saturated carbocycles. The van der Waals surface area contributed by atoms with Crippen LogP contribution in [-0.2, 0) is 20.1 Å². The normalized spacial score (nSPS) is 10.5. The zero-order chi connectivity index (χ0) is 24.2. The Labute approximate surface area is 211 Å². The van der Waals surface area contributed by atoms with Gasteiger partial charge in [0, 0.05) is 49.4 Å². The average Bonchev–Trinajstić information content (AvgIpc) is 3.21. The summed E-state index contributed by atoms with van der Waals surface area (Å²) in [6.45, 7) is 0.466. The molecule has 4 rings (SSSR count). The summed E-state index contributed by atoms with van der Waals surface area (Å²) in [5.74, 6) is -1.75. The molecular formula is C23H22LiN7O4. The second-order valence-corrected chi connectivity index (χ2v) is 7.53. The Morgan fingerprint density at radius 2 is 1.89 bits per heavy atom. The number of carbonyl (C=O) groups is 2. The Bertz CT molecular complexity index is 1450. The van der Waals surface area contributed by atoms with Gasteiger partial charge in [0.05, 0.1) is 17.9 Å². The first-order valence-corrected chi connectivity index (χ1v) is 10.2. The first kappa shape index (κ1) is 25.6. The van der Waals surface area contributed by atoms with Gasteiger partial charge < -0.3 is 16.2 Å². The third-order valence-corrected chi connectivity index (χ3v) is 4.99. The van der Waals surface area contributed by atoms with Crippen molar-refractivity contribution in [1.29, 1.82) is 0 Å². The molecule has 0 aliphatic carbocycles. The third-order valence-electron chi connectivity index (χ3n) is 4.99. The number of rotatable bonds is 7. The summed E-state index contributed by atoms with van der Waals surface area (Å²) in [6.07, 6.45) is 4.72. The molecule has 0 fully saturated rings. The molecule has 0 saturated heterocycles. The predicted octanol–water partition coefficient (Wildman–Crippen LogP) is 0.848. The van der Waals surface area contributed by atoms with Crippen molar-refractivity contribution in [2.45, 2.75) is 13.1 Å². The van der Waals surface area contributed by atoms with Gasteiger partial charge in [-0.15, -0.1) is 0 Å². The summed E-state index contributed by atoms with van der Waals surface area (Å²) in [5, 5.41) is 20.1. The number of pyridine rings is 1. The fourth-order valence-corrected chi connectivity index (χ4v) is 3.37. The van der Waals surface area contributed by atoms with Crippen molar-refractivity contribution in [3.63, 3.8) is 0 Å². The molecule has 4 aromatic rings. The Kier molecular flexibility index (Phi) is 7.98. The number of aromatic carboxylic acids is 1. The number of nitrogens with one attached hydrogen (secondary N) is 1. The fraction of sp³-hybridized carbons (Fsp3) is 0.130. The minimum absolute atomic E-state index is 0. The van der Waals surface area contributed by atoms with Crippen molar-refractivity contribution in [2.75, 3.05) is 5.32 Å². The summed E-state index contributed by atoms with van der Waals surface area (Å²) < 4.78 is 2.60. The molecule has 0 atom stereocenters. The van der Waals surface area contributed by atoms with E-state index < -0.39 is 11.9 Å². The van der Waals surface area contributed by atoms with E-state index in [2.05, 4.69) is 20.5 Å². The first-order chi connectivity index (χ1) is 16.3. The maximum atomic E-state index is 12.7. The molecule has 1 amide bonds. The van der Waals surface area contributed by atoms with Crippen LogP contribution in [0.15, 0.2) is 65.8 Å². The van der Waals surface area contributed by atoms with E-state index in [4.69, 9.17) is 5.73 Å². The second kappa shape index (κ2) is 10.9. The number of carboxylic acid groups (broad SMARTS) is 1. The molecule has 4 N–H and O–H groups in total. The van der Waals surface area contributed by atoms with Gasteiger partial charge in [-0.3, -0.25) is 19.3 Å². The number of amides is 1. The van der Waals surface area contributed by atoms with Crippen LogP contribution in [0.1, 0.15) is 32.0 Å². The molecule has 0 radical (unpaired) electrons. The van der Waals surface area contributed by atoms with Crippen LogP contribution in [-0.4, -0.2) is 60.4 Å². The van der Waals surface area contributed by atoms with Gasteiger partial charge in [-0.25, -0.2) is 9.48 Å². The number of benzene rings is 1. The van der Waals surface area contributed by atoms with Crippen LogP contribution in [0.5, 0.6) is 0 Å². The van der Waals surface area contributed by atoms with Crippen LogP contribution in [0.4, 0.5) is 5.69 Å². The van der Waals surface area contributed by atoms with Gasteiger partial charge in [-0.2, -0.15) is 10.2 Å². The molecule has 35 heavy (non-hydrogen) atoms. The monoisotopic (exact) mass is 467 g/mol. The summed E-state index contributed by atoms with van der Waals surface area (Å²) in [6, 6.07) is 11.5. The van der Waals surface area contributed by atoms with E-state index in [1.807, 2.05) is 6.07 Å². The van der Waals surface area contributed by atoms with Crippen molar-refractivity contribution < 1.29 is 14.7 Å². The average molecular weight is 467 g/mol. The quantitative estimate of drug-likeness (QED) is 0.338. The Morgan fingerprint density at radius 3 is 2.63 bits per heavy atom. The van der Waals surface area contributed by atoms with Gasteiger partial charge in [0.2, 0.25) is 0 Å². The number of hydrogen-bond donors (Lipinski definition) is 3. The van der Waals surface area contributed by atoms with Crippen LogP contribution >= 0.6 is 0 Å². The minimum atomic E-state index is -1.25. The van der Waals surface area contributed by atoms with Gasteiger partial charge in [-0.1, -0.05) is 12.1 Å². The molecule has 0 unspecified atom stereocenters. The van der Waals surface area contributed by atoms with Crippen molar-refractivity contribution >= 4 is 36.4 Å². The molecule has 12 heteroatoms. The molecule has 11 nitrogen and oxygen atoms in total. The number of nitrogens with two attached hydrogens (primary N) is 1. The molecule has 0 bridgehead atoms. The number of carbonyl (C=O) groups excluding carboxylic acids is 1. The van der Waals surface area contributed by atoms with Gasteiger partial charge in [0.25, 0.3) is 11.5 Å². The van der Waals surface area contributed by atoms with E-state index in [-0.39, 0.29) is 42.3 Å². The number of hydrogen-bond acceptors (Lipinski definition) is 7. The molecule has 0 aliphatic rings. The number of nitrogens with zero attached hydrogens (tertiary/aromatic N) is 5. The molecule has 0 spiro atoms. The zero-order valence-corrected chi connectivity index (χ0v) is 18.2. The van der Waals surface area contributed by atoms with Crippen LogP contribution < -0.4 is 16.6 Å². The Morgan fingerprint density at radius 1 is 1.09 bits per heavy atom. The van der Waals surface area contributed by atoms with E-state index >= 15 is 0 Å². The fourth-order valence-electron chi connectivity index (χ4n) is 3.37. The van der Waals surface area contributed by atoms with Gasteiger partial charge in [0.1, 0.15) is 0 Å². The van der Waals surface area contributed by atoms with Crippen molar-refractivity contribution in [3.8, 4) is 11.3 Å².